The Labute approximate surface area is 179 Å². The standard InChI is InChI=1S/C19H21BCl2N2O5/c1-29-11-16(23-18(25)14-10-13(21)7-8-15(14)22)19(26)24-17(20(27)28)9-12-5-3-2-4-6-12/h2-8,10,16-17,27-28H,9,11H2,1H3,(H,23,25)(H,24,26). The molecule has 0 fully saturated rings. The van der Waals surface area contributed by atoms with E-state index in [-0.39, 0.29) is 23.6 Å². The molecule has 2 aromatic rings. The fourth-order valence-electron chi connectivity index (χ4n) is 2.64. The molecule has 0 spiro atoms. The normalized spacial score (nSPS) is 12.7. The van der Waals surface area contributed by atoms with Crippen LogP contribution in [0.3, 0.4) is 0 Å². The number of amides is 2. The number of hydrogen-bond acceptors (Lipinski definition) is 5. The van der Waals surface area contributed by atoms with Crippen molar-refractivity contribution in [2.24, 2.45) is 0 Å². The van der Waals surface area contributed by atoms with Crippen molar-refractivity contribution in [1.29, 1.82) is 0 Å². The van der Waals surface area contributed by atoms with Crippen molar-refractivity contribution in [2.45, 2.75) is 18.4 Å². The van der Waals surface area contributed by atoms with Gasteiger partial charge in [0.1, 0.15) is 6.04 Å². The molecule has 2 aromatic carbocycles. The van der Waals surface area contributed by atoms with Gasteiger partial charge >= 0.3 is 7.12 Å². The highest BCUT2D eigenvalue weighted by Crippen LogP contribution is 2.20. The van der Waals surface area contributed by atoms with E-state index in [4.69, 9.17) is 27.9 Å². The molecule has 0 heterocycles. The Balaban J connectivity index is 2.10. The lowest BCUT2D eigenvalue weighted by Crippen LogP contribution is -2.56. The largest absolute Gasteiger partial charge is 0.475 e. The number of nitrogens with one attached hydrogen (secondary N) is 2. The molecule has 2 unspecified atom stereocenters. The number of benzene rings is 2. The maximum atomic E-state index is 12.7. The van der Waals surface area contributed by atoms with E-state index in [2.05, 4.69) is 10.6 Å². The summed E-state index contributed by atoms with van der Waals surface area (Å²) in [4.78, 5) is 25.2. The first-order valence-corrected chi connectivity index (χ1v) is 9.52. The molecule has 0 radical (unpaired) electrons. The van der Waals surface area contributed by atoms with Crippen LogP contribution in [0.25, 0.3) is 0 Å². The van der Waals surface area contributed by atoms with Crippen LogP contribution in [-0.2, 0) is 16.0 Å². The van der Waals surface area contributed by atoms with Crippen molar-refractivity contribution in [3.63, 3.8) is 0 Å². The third-order valence-electron chi connectivity index (χ3n) is 4.11. The molecule has 2 amide bonds. The summed E-state index contributed by atoms with van der Waals surface area (Å²) < 4.78 is 5.02. The SMILES string of the molecule is COCC(NC(=O)c1cc(Cl)ccc1Cl)C(=O)NC(Cc1ccccc1)B(O)O. The van der Waals surface area contributed by atoms with Crippen LogP contribution >= 0.6 is 23.2 Å². The van der Waals surface area contributed by atoms with Crippen molar-refractivity contribution < 1.29 is 24.4 Å². The van der Waals surface area contributed by atoms with Gasteiger partial charge in [-0.2, -0.15) is 0 Å². The molecule has 2 atom stereocenters. The van der Waals surface area contributed by atoms with E-state index < -0.39 is 30.9 Å². The van der Waals surface area contributed by atoms with Gasteiger partial charge in [0, 0.05) is 12.1 Å². The maximum Gasteiger partial charge on any atom is 0.475 e. The minimum atomic E-state index is -1.79. The Morgan fingerprint density at radius 2 is 1.79 bits per heavy atom. The van der Waals surface area contributed by atoms with E-state index in [1.54, 1.807) is 24.3 Å². The second kappa shape index (κ2) is 11.2. The molecule has 7 nitrogen and oxygen atoms in total. The summed E-state index contributed by atoms with van der Waals surface area (Å²) in [5.41, 5.74) is 0.917. The Hall–Kier alpha value is -2.10. The van der Waals surface area contributed by atoms with Crippen LogP contribution in [0.2, 0.25) is 10.0 Å². The van der Waals surface area contributed by atoms with E-state index in [9.17, 15) is 19.6 Å². The average Bonchev–Trinajstić information content (AvgIpc) is 2.69. The fraction of sp³-hybridized carbons (Fsp3) is 0.263. The monoisotopic (exact) mass is 438 g/mol. The summed E-state index contributed by atoms with van der Waals surface area (Å²) >= 11 is 11.9. The van der Waals surface area contributed by atoms with E-state index in [1.165, 1.54) is 25.3 Å². The molecule has 0 aliphatic heterocycles. The van der Waals surface area contributed by atoms with Gasteiger partial charge in [-0.1, -0.05) is 53.5 Å². The number of ether oxygens (including phenoxy) is 1. The quantitative estimate of drug-likeness (QED) is 0.443. The van der Waals surface area contributed by atoms with Gasteiger partial charge in [0.25, 0.3) is 5.91 Å². The Kier molecular flexibility index (Phi) is 8.94. The van der Waals surface area contributed by atoms with Crippen molar-refractivity contribution in [3.05, 3.63) is 69.7 Å². The van der Waals surface area contributed by atoms with Gasteiger partial charge in [-0.25, -0.2) is 0 Å². The smallest absolute Gasteiger partial charge is 0.426 e. The third kappa shape index (κ3) is 7.02. The van der Waals surface area contributed by atoms with Gasteiger partial charge < -0.3 is 25.4 Å². The van der Waals surface area contributed by atoms with Gasteiger partial charge in [0.2, 0.25) is 5.91 Å². The average molecular weight is 439 g/mol. The Morgan fingerprint density at radius 3 is 2.41 bits per heavy atom. The van der Waals surface area contributed by atoms with Crippen molar-refractivity contribution in [2.75, 3.05) is 13.7 Å². The first kappa shape index (κ1) is 23.2. The molecule has 10 heteroatoms. The van der Waals surface area contributed by atoms with Crippen LogP contribution in [0.5, 0.6) is 0 Å². The molecular weight excluding hydrogens is 418 g/mol. The van der Waals surface area contributed by atoms with E-state index >= 15 is 0 Å². The third-order valence-corrected chi connectivity index (χ3v) is 4.68. The molecular formula is C19H21BCl2N2O5. The molecule has 4 N–H and O–H groups in total. The lowest BCUT2D eigenvalue weighted by molar-refractivity contribution is -0.124. The lowest BCUT2D eigenvalue weighted by atomic mass is 9.76. The predicted octanol–water partition coefficient (Wildman–Crippen LogP) is 1.48. The fourth-order valence-corrected chi connectivity index (χ4v) is 3.01. The van der Waals surface area contributed by atoms with Crippen LogP contribution in [0, 0.1) is 0 Å². The molecule has 29 heavy (non-hydrogen) atoms. The van der Waals surface area contributed by atoms with Gasteiger partial charge in [-0.15, -0.1) is 0 Å². The van der Waals surface area contributed by atoms with E-state index in [0.29, 0.717) is 5.02 Å². The zero-order valence-electron chi connectivity index (χ0n) is 15.6. The first-order valence-electron chi connectivity index (χ1n) is 8.77. The Bertz CT molecular complexity index is 839. The maximum absolute atomic E-state index is 12.7. The van der Waals surface area contributed by atoms with Crippen molar-refractivity contribution in [1.82, 2.24) is 10.6 Å². The number of methoxy groups -OCH3 is 1. The molecule has 0 saturated heterocycles. The number of rotatable bonds is 9. The predicted molar refractivity (Wildman–Crippen MR) is 112 cm³/mol. The van der Waals surface area contributed by atoms with E-state index in [0.717, 1.165) is 5.56 Å². The summed E-state index contributed by atoms with van der Waals surface area (Å²) in [6, 6.07) is 12.4. The first-order chi connectivity index (χ1) is 13.8. The molecule has 0 bridgehead atoms. The number of halogens is 2. The van der Waals surface area contributed by atoms with E-state index in [1.807, 2.05) is 6.07 Å². The minimum Gasteiger partial charge on any atom is -0.426 e. The number of carbonyl (C=O) groups is 2. The lowest BCUT2D eigenvalue weighted by Gasteiger charge is -2.23. The summed E-state index contributed by atoms with van der Waals surface area (Å²) in [7, 11) is -0.415. The molecule has 0 aliphatic rings. The Morgan fingerprint density at radius 1 is 1.10 bits per heavy atom. The minimum absolute atomic E-state index is 0.107. The summed E-state index contributed by atoms with van der Waals surface area (Å²) in [5.74, 6) is -2.22. The van der Waals surface area contributed by atoms with Gasteiger partial charge in [0.15, 0.2) is 0 Å². The summed E-state index contributed by atoms with van der Waals surface area (Å²) in [5, 5.41) is 24.9. The molecule has 0 aliphatic carbocycles. The number of carbonyl (C=O) groups excluding carboxylic acids is 2. The topological polar surface area (TPSA) is 108 Å². The second-order valence-corrected chi connectivity index (χ2v) is 7.17. The molecule has 0 aromatic heterocycles. The molecule has 0 saturated carbocycles. The van der Waals surface area contributed by atoms with Crippen molar-refractivity contribution in [3.8, 4) is 0 Å². The van der Waals surface area contributed by atoms with Crippen LogP contribution in [0.4, 0.5) is 0 Å². The summed E-state index contributed by atoms with van der Waals surface area (Å²) in [6.45, 7) is -0.130. The van der Waals surface area contributed by atoms with Crippen molar-refractivity contribution >= 4 is 42.1 Å². The van der Waals surface area contributed by atoms with Crippen LogP contribution in [0.1, 0.15) is 15.9 Å². The zero-order valence-corrected chi connectivity index (χ0v) is 17.2. The summed E-state index contributed by atoms with van der Waals surface area (Å²) in [6.07, 6.45) is 0.192. The van der Waals surface area contributed by atoms with Gasteiger partial charge in [-0.05, 0) is 30.2 Å². The van der Waals surface area contributed by atoms with Crippen LogP contribution < -0.4 is 10.6 Å². The zero-order chi connectivity index (χ0) is 21.4. The van der Waals surface area contributed by atoms with Gasteiger partial charge in [0.05, 0.1) is 23.1 Å². The van der Waals surface area contributed by atoms with Crippen LogP contribution in [-0.4, -0.2) is 54.7 Å². The number of hydrogen-bond donors (Lipinski definition) is 4. The van der Waals surface area contributed by atoms with Crippen LogP contribution in [0.15, 0.2) is 48.5 Å². The molecule has 154 valence electrons. The highest BCUT2D eigenvalue weighted by Gasteiger charge is 2.30. The highest BCUT2D eigenvalue weighted by molar-refractivity contribution is 6.43. The highest BCUT2D eigenvalue weighted by atomic mass is 35.5. The molecule has 2 rings (SSSR count). The van der Waals surface area contributed by atoms with Gasteiger partial charge in [-0.3, -0.25) is 9.59 Å². The second-order valence-electron chi connectivity index (χ2n) is 6.32.